The average molecular weight is 571 g/mol. The van der Waals surface area contributed by atoms with Crippen molar-refractivity contribution in [3.63, 3.8) is 0 Å². The second-order valence-electron chi connectivity index (χ2n) is 9.42. The normalized spacial score (nSPS) is 10.7. The molecule has 0 fully saturated rings. The molecule has 4 heterocycles. The predicted octanol–water partition coefficient (Wildman–Crippen LogP) is 7.65. The van der Waals surface area contributed by atoms with Crippen LogP contribution in [0, 0.1) is 0 Å². The third-order valence-corrected chi connectivity index (χ3v) is 6.87. The maximum Gasteiger partial charge on any atom is 0.488 e. The Morgan fingerprint density at radius 1 is 0.524 bits per heavy atom. The Kier molecular flexibility index (Phi) is 7.97. The molecule has 4 aromatic carbocycles. The molecule has 4 aromatic heterocycles. The fraction of sp³-hybridized carbons (Fsp3) is 0. The van der Waals surface area contributed by atoms with Crippen molar-refractivity contribution < 1.29 is 18.9 Å². The minimum absolute atomic E-state index is 0.455. The minimum atomic E-state index is -1.34. The van der Waals surface area contributed by atoms with Gasteiger partial charge >= 0.3 is 7.12 Å². The zero-order chi connectivity index (χ0) is 28.9. The third kappa shape index (κ3) is 5.89. The van der Waals surface area contributed by atoms with Gasteiger partial charge in [0.15, 0.2) is 0 Å². The molecule has 0 aliphatic heterocycles. The van der Waals surface area contributed by atoms with E-state index in [4.69, 9.17) is 30.5 Å². The molecule has 6 nitrogen and oxygen atoms in total. The first-order valence-corrected chi connectivity index (χ1v) is 13.6. The van der Waals surface area contributed by atoms with Gasteiger partial charge in [-0.1, -0.05) is 109 Å². The maximum absolute atomic E-state index is 8.58. The van der Waals surface area contributed by atoms with E-state index in [-0.39, 0.29) is 0 Å². The minimum Gasteiger partial charge on any atom is -0.456 e. The van der Waals surface area contributed by atoms with Gasteiger partial charge in [-0.05, 0) is 17.6 Å². The fourth-order valence-electron chi connectivity index (χ4n) is 4.61. The molecule has 8 heteroatoms. The van der Waals surface area contributed by atoms with Gasteiger partial charge in [-0.25, -0.2) is 4.98 Å². The molecule has 0 unspecified atom stereocenters. The number of pyridine rings is 2. The highest BCUT2D eigenvalue weighted by atomic mass is 35.5. The SMILES string of the molecule is Clc1cc2oc3ccccc3c2cn1.OB(O)c1ccccc1.c1ccc(-c2cc3oc4ccccc4c3cn2)cc1. The zero-order valence-corrected chi connectivity index (χ0v) is 23.0. The summed E-state index contributed by atoms with van der Waals surface area (Å²) in [4.78, 5) is 8.57. The number of hydrogen-bond donors (Lipinski definition) is 2. The van der Waals surface area contributed by atoms with Crippen LogP contribution in [0.3, 0.4) is 0 Å². The highest BCUT2D eigenvalue weighted by molar-refractivity contribution is 6.58. The number of halogens is 1. The summed E-state index contributed by atoms with van der Waals surface area (Å²) in [5.74, 6) is 0. The van der Waals surface area contributed by atoms with Crippen LogP contribution < -0.4 is 5.46 Å². The van der Waals surface area contributed by atoms with Gasteiger partial charge in [0.05, 0.1) is 5.69 Å². The molecule has 0 radical (unpaired) electrons. The van der Waals surface area contributed by atoms with Crippen LogP contribution in [-0.2, 0) is 0 Å². The summed E-state index contributed by atoms with van der Waals surface area (Å²) < 4.78 is 11.5. The Labute approximate surface area is 246 Å². The topological polar surface area (TPSA) is 92.5 Å². The second kappa shape index (κ2) is 12.3. The van der Waals surface area contributed by atoms with Gasteiger partial charge in [-0.15, -0.1) is 0 Å². The molecular formula is C34H24BClN2O4. The van der Waals surface area contributed by atoms with Crippen molar-refractivity contribution in [3.05, 3.63) is 139 Å². The molecule has 42 heavy (non-hydrogen) atoms. The molecule has 0 amide bonds. The smallest absolute Gasteiger partial charge is 0.456 e. The van der Waals surface area contributed by atoms with Crippen molar-refractivity contribution in [1.29, 1.82) is 0 Å². The Morgan fingerprint density at radius 3 is 1.60 bits per heavy atom. The van der Waals surface area contributed by atoms with Gasteiger partial charge in [0.2, 0.25) is 0 Å². The number of furan rings is 2. The van der Waals surface area contributed by atoms with E-state index in [1.54, 1.807) is 36.5 Å². The molecule has 0 saturated carbocycles. The molecule has 8 aromatic rings. The van der Waals surface area contributed by atoms with Gasteiger partial charge in [0.25, 0.3) is 0 Å². The van der Waals surface area contributed by atoms with Crippen LogP contribution in [-0.4, -0.2) is 27.1 Å². The van der Waals surface area contributed by atoms with E-state index in [0.717, 1.165) is 55.1 Å². The van der Waals surface area contributed by atoms with Gasteiger partial charge in [0, 0.05) is 51.6 Å². The van der Waals surface area contributed by atoms with Crippen LogP contribution >= 0.6 is 11.6 Å². The molecule has 204 valence electrons. The van der Waals surface area contributed by atoms with Crippen molar-refractivity contribution in [2.75, 3.05) is 0 Å². The number of para-hydroxylation sites is 2. The summed E-state index contributed by atoms with van der Waals surface area (Å²) in [6, 6.07) is 38.4. The third-order valence-electron chi connectivity index (χ3n) is 6.66. The molecule has 0 aliphatic carbocycles. The predicted molar refractivity (Wildman–Crippen MR) is 170 cm³/mol. The molecule has 0 aliphatic rings. The summed E-state index contributed by atoms with van der Waals surface area (Å²) in [6.07, 6.45) is 3.63. The Hall–Kier alpha value is -4.95. The van der Waals surface area contributed by atoms with Gasteiger partial charge in [0.1, 0.15) is 27.5 Å². The largest absolute Gasteiger partial charge is 0.488 e. The van der Waals surface area contributed by atoms with Gasteiger partial charge in [-0.2, -0.15) is 0 Å². The van der Waals surface area contributed by atoms with Crippen molar-refractivity contribution in [2.24, 2.45) is 0 Å². The van der Waals surface area contributed by atoms with Crippen LogP contribution in [0.4, 0.5) is 0 Å². The quantitative estimate of drug-likeness (QED) is 0.164. The molecule has 0 atom stereocenters. The van der Waals surface area contributed by atoms with Gasteiger partial charge in [-0.3, -0.25) is 4.98 Å². The van der Waals surface area contributed by atoms with Gasteiger partial charge < -0.3 is 18.9 Å². The van der Waals surface area contributed by atoms with E-state index in [9.17, 15) is 0 Å². The molecular weight excluding hydrogens is 547 g/mol. The van der Waals surface area contributed by atoms with Crippen LogP contribution in [0.1, 0.15) is 0 Å². The van der Waals surface area contributed by atoms with Crippen LogP contribution in [0.15, 0.2) is 143 Å². The van der Waals surface area contributed by atoms with Crippen molar-refractivity contribution in [3.8, 4) is 11.3 Å². The summed E-state index contributed by atoms with van der Waals surface area (Å²) in [5.41, 5.74) is 6.01. The fourth-order valence-corrected chi connectivity index (χ4v) is 4.76. The number of aromatic nitrogens is 2. The number of hydrogen-bond acceptors (Lipinski definition) is 6. The first kappa shape index (κ1) is 27.2. The van der Waals surface area contributed by atoms with E-state index in [1.807, 2.05) is 79.0 Å². The molecule has 0 saturated heterocycles. The summed E-state index contributed by atoms with van der Waals surface area (Å²) in [6.45, 7) is 0. The number of benzene rings is 4. The number of nitrogens with zero attached hydrogens (tertiary/aromatic N) is 2. The van der Waals surface area contributed by atoms with Crippen molar-refractivity contribution >= 4 is 68.1 Å². The molecule has 8 rings (SSSR count). The van der Waals surface area contributed by atoms with Crippen molar-refractivity contribution in [1.82, 2.24) is 9.97 Å². The first-order chi connectivity index (χ1) is 20.6. The van der Waals surface area contributed by atoms with E-state index >= 15 is 0 Å². The molecule has 2 N–H and O–H groups in total. The van der Waals surface area contributed by atoms with E-state index in [1.165, 1.54) is 0 Å². The lowest BCUT2D eigenvalue weighted by Crippen LogP contribution is -2.29. The van der Waals surface area contributed by atoms with Crippen LogP contribution in [0.5, 0.6) is 0 Å². The summed E-state index contributed by atoms with van der Waals surface area (Å²) in [5, 5.41) is 21.9. The van der Waals surface area contributed by atoms with E-state index < -0.39 is 7.12 Å². The standard InChI is InChI=1S/C17H11NO.C11H6ClNO.C6H7BO2/c1-2-6-12(7-3-1)15-10-17-14(11-18-15)13-8-4-5-9-16(13)19-17;12-11-5-10-8(6-13-11)7-3-1-2-4-9(7)14-10;8-7(9)6-4-2-1-3-5-6/h1-11H;1-6H;1-5,8-9H. The second-order valence-corrected chi connectivity index (χ2v) is 9.80. The number of rotatable bonds is 2. The van der Waals surface area contributed by atoms with Crippen molar-refractivity contribution in [2.45, 2.75) is 0 Å². The lowest BCUT2D eigenvalue weighted by Gasteiger charge is -1.99. The highest BCUT2D eigenvalue weighted by Crippen LogP contribution is 2.31. The van der Waals surface area contributed by atoms with Crippen LogP contribution in [0.25, 0.3) is 55.1 Å². The van der Waals surface area contributed by atoms with Crippen LogP contribution in [0.2, 0.25) is 5.15 Å². The first-order valence-electron chi connectivity index (χ1n) is 13.2. The van der Waals surface area contributed by atoms with E-state index in [0.29, 0.717) is 10.6 Å². The monoisotopic (exact) mass is 570 g/mol. The Morgan fingerprint density at radius 2 is 1.02 bits per heavy atom. The zero-order valence-electron chi connectivity index (χ0n) is 22.3. The molecule has 0 bridgehead atoms. The van der Waals surface area contributed by atoms with E-state index in [2.05, 4.69) is 28.2 Å². The lowest BCUT2D eigenvalue weighted by molar-refractivity contribution is 0.426. The Balaban J connectivity index is 0.000000121. The Bertz CT molecular complexity index is 2090. The average Bonchev–Trinajstić information content (AvgIpc) is 3.60. The molecule has 0 spiro atoms. The maximum atomic E-state index is 8.58. The summed E-state index contributed by atoms with van der Waals surface area (Å²) in [7, 11) is -1.34. The summed E-state index contributed by atoms with van der Waals surface area (Å²) >= 11 is 5.78. The number of fused-ring (bicyclic) bond motifs is 6. The lowest BCUT2D eigenvalue weighted by atomic mass is 9.81. The highest BCUT2D eigenvalue weighted by Gasteiger charge is 2.09.